The minimum absolute atomic E-state index is 0.128. The fourth-order valence-corrected chi connectivity index (χ4v) is 4.44. The first kappa shape index (κ1) is 19.4. The van der Waals surface area contributed by atoms with Gasteiger partial charge in [-0.25, -0.2) is 0 Å². The molecule has 2 aliphatic heterocycles. The van der Waals surface area contributed by atoms with Crippen LogP contribution in [-0.4, -0.2) is 49.2 Å². The SMILES string of the molecule is CCN1c2ccc(/C=C(/C#N)C(=O)N3CCOCC3)cc2[C@@H](C)CC1(C)C. The summed E-state index contributed by atoms with van der Waals surface area (Å²) in [6.45, 7) is 12.1. The van der Waals surface area contributed by atoms with Crippen LogP contribution in [0.4, 0.5) is 5.69 Å². The molecule has 0 saturated carbocycles. The first-order valence-electron chi connectivity index (χ1n) is 9.77. The predicted molar refractivity (Wildman–Crippen MR) is 108 cm³/mol. The van der Waals surface area contributed by atoms with E-state index in [1.165, 1.54) is 11.3 Å². The van der Waals surface area contributed by atoms with E-state index in [1.54, 1.807) is 11.0 Å². The van der Waals surface area contributed by atoms with Gasteiger partial charge in [-0.3, -0.25) is 4.79 Å². The molecule has 2 aliphatic rings. The molecule has 1 saturated heterocycles. The standard InChI is InChI=1S/C22H29N3O2/c1-5-25-20-7-6-17(13-19(20)16(2)14-22(25,3)4)12-18(15-23)21(26)24-8-10-27-11-9-24/h6-7,12-13,16H,5,8-11,14H2,1-4H3/b18-12-/t16-/m0/s1. The quantitative estimate of drug-likeness (QED) is 0.605. The molecule has 0 bridgehead atoms. The van der Waals surface area contributed by atoms with Gasteiger partial charge in [-0.15, -0.1) is 0 Å². The van der Waals surface area contributed by atoms with Crippen molar-refractivity contribution in [1.82, 2.24) is 4.90 Å². The predicted octanol–water partition coefficient (Wildman–Crippen LogP) is 3.56. The van der Waals surface area contributed by atoms with Gasteiger partial charge in [0.2, 0.25) is 0 Å². The van der Waals surface area contributed by atoms with Gasteiger partial charge in [-0.1, -0.05) is 13.0 Å². The molecule has 27 heavy (non-hydrogen) atoms. The van der Waals surface area contributed by atoms with Crippen LogP contribution >= 0.6 is 0 Å². The Morgan fingerprint density at radius 3 is 2.70 bits per heavy atom. The zero-order valence-electron chi connectivity index (χ0n) is 16.8. The summed E-state index contributed by atoms with van der Waals surface area (Å²) in [7, 11) is 0. The lowest BCUT2D eigenvalue weighted by Gasteiger charge is -2.47. The third-order valence-electron chi connectivity index (χ3n) is 5.69. The summed E-state index contributed by atoms with van der Waals surface area (Å²) in [4.78, 5) is 16.8. The molecule has 1 amide bonds. The van der Waals surface area contributed by atoms with Gasteiger partial charge in [0, 0.05) is 30.9 Å². The Bertz CT molecular complexity index is 785. The summed E-state index contributed by atoms with van der Waals surface area (Å²) in [6, 6.07) is 8.38. The largest absolute Gasteiger partial charge is 0.378 e. The van der Waals surface area contributed by atoms with Crippen molar-refractivity contribution in [1.29, 1.82) is 5.26 Å². The lowest BCUT2D eigenvalue weighted by atomic mass is 9.79. The number of carbonyl (C=O) groups is 1. The average Bonchev–Trinajstić information content (AvgIpc) is 2.66. The van der Waals surface area contributed by atoms with E-state index in [2.05, 4.69) is 50.8 Å². The zero-order chi connectivity index (χ0) is 19.6. The molecule has 5 heteroatoms. The van der Waals surface area contributed by atoms with Crippen LogP contribution in [0.25, 0.3) is 6.08 Å². The number of hydrogen-bond donors (Lipinski definition) is 0. The number of benzene rings is 1. The minimum Gasteiger partial charge on any atom is -0.378 e. The van der Waals surface area contributed by atoms with Crippen LogP contribution in [0.3, 0.4) is 0 Å². The van der Waals surface area contributed by atoms with Crippen LogP contribution in [0.15, 0.2) is 23.8 Å². The molecular weight excluding hydrogens is 338 g/mol. The molecule has 5 nitrogen and oxygen atoms in total. The number of rotatable bonds is 3. The van der Waals surface area contributed by atoms with Crippen molar-refractivity contribution in [3.8, 4) is 6.07 Å². The van der Waals surface area contributed by atoms with Gasteiger partial charge < -0.3 is 14.5 Å². The Kier molecular flexibility index (Phi) is 5.57. The number of nitriles is 1. The van der Waals surface area contributed by atoms with E-state index >= 15 is 0 Å². The van der Waals surface area contributed by atoms with Crippen molar-refractivity contribution in [3.63, 3.8) is 0 Å². The molecule has 1 aromatic rings. The van der Waals surface area contributed by atoms with Crippen LogP contribution in [0.5, 0.6) is 0 Å². The molecule has 2 heterocycles. The van der Waals surface area contributed by atoms with Crippen LogP contribution in [0.2, 0.25) is 0 Å². The molecule has 1 atom stereocenters. The van der Waals surface area contributed by atoms with Gasteiger partial charge >= 0.3 is 0 Å². The lowest BCUT2D eigenvalue weighted by molar-refractivity contribution is -0.130. The molecule has 0 N–H and O–H groups in total. The number of morpholine rings is 1. The fraction of sp³-hybridized carbons (Fsp3) is 0.545. The summed E-state index contributed by atoms with van der Waals surface area (Å²) in [5.74, 6) is 0.231. The van der Waals surface area contributed by atoms with E-state index in [9.17, 15) is 10.1 Å². The summed E-state index contributed by atoms with van der Waals surface area (Å²) in [5, 5.41) is 9.52. The minimum atomic E-state index is -0.206. The Morgan fingerprint density at radius 1 is 1.37 bits per heavy atom. The van der Waals surface area contributed by atoms with Gasteiger partial charge in [-0.2, -0.15) is 5.26 Å². The summed E-state index contributed by atoms with van der Waals surface area (Å²) >= 11 is 0. The fourth-order valence-electron chi connectivity index (χ4n) is 4.44. The summed E-state index contributed by atoms with van der Waals surface area (Å²) in [6.07, 6.45) is 2.81. The van der Waals surface area contributed by atoms with E-state index in [-0.39, 0.29) is 17.0 Å². The van der Waals surface area contributed by atoms with Crippen molar-refractivity contribution >= 4 is 17.7 Å². The molecule has 0 aliphatic carbocycles. The van der Waals surface area contributed by atoms with Crippen molar-refractivity contribution in [2.24, 2.45) is 0 Å². The van der Waals surface area contributed by atoms with E-state index in [0.29, 0.717) is 32.2 Å². The number of carbonyl (C=O) groups excluding carboxylic acids is 1. The molecule has 1 aromatic carbocycles. The second-order valence-electron chi connectivity index (χ2n) is 8.05. The second-order valence-corrected chi connectivity index (χ2v) is 8.05. The number of nitrogens with zero attached hydrogens (tertiary/aromatic N) is 3. The number of fused-ring (bicyclic) bond motifs is 1. The third kappa shape index (κ3) is 3.86. The molecular formula is C22H29N3O2. The van der Waals surface area contributed by atoms with E-state index in [4.69, 9.17) is 4.74 Å². The normalized spacial score (nSPS) is 22.2. The zero-order valence-corrected chi connectivity index (χ0v) is 16.8. The topological polar surface area (TPSA) is 56.6 Å². The molecule has 1 fully saturated rings. The molecule has 0 unspecified atom stereocenters. The highest BCUT2D eigenvalue weighted by molar-refractivity contribution is 6.01. The van der Waals surface area contributed by atoms with Gasteiger partial charge in [0.05, 0.1) is 13.2 Å². The summed E-state index contributed by atoms with van der Waals surface area (Å²) in [5.41, 5.74) is 3.78. The Labute approximate surface area is 162 Å². The third-order valence-corrected chi connectivity index (χ3v) is 5.69. The number of hydrogen-bond acceptors (Lipinski definition) is 4. The lowest BCUT2D eigenvalue weighted by Crippen LogP contribution is -2.48. The monoisotopic (exact) mass is 367 g/mol. The maximum atomic E-state index is 12.6. The maximum Gasteiger partial charge on any atom is 0.264 e. The van der Waals surface area contributed by atoms with Crippen molar-refractivity contribution < 1.29 is 9.53 Å². The molecule has 0 spiro atoms. The number of ether oxygens (including phenoxy) is 1. The van der Waals surface area contributed by atoms with E-state index in [1.807, 2.05) is 6.07 Å². The molecule has 0 aromatic heterocycles. The van der Waals surface area contributed by atoms with Crippen molar-refractivity contribution in [2.45, 2.75) is 45.6 Å². The van der Waals surface area contributed by atoms with Crippen LogP contribution in [0, 0.1) is 11.3 Å². The average molecular weight is 367 g/mol. The molecule has 144 valence electrons. The highest BCUT2D eigenvalue weighted by Gasteiger charge is 2.35. The van der Waals surface area contributed by atoms with E-state index in [0.717, 1.165) is 18.5 Å². The van der Waals surface area contributed by atoms with Gasteiger partial charge in [0.15, 0.2) is 0 Å². The Morgan fingerprint density at radius 2 is 2.07 bits per heavy atom. The Balaban J connectivity index is 1.92. The van der Waals surface area contributed by atoms with Crippen LogP contribution < -0.4 is 4.90 Å². The van der Waals surface area contributed by atoms with Crippen molar-refractivity contribution in [2.75, 3.05) is 37.7 Å². The summed E-state index contributed by atoms with van der Waals surface area (Å²) < 4.78 is 5.29. The first-order valence-corrected chi connectivity index (χ1v) is 9.77. The second kappa shape index (κ2) is 7.74. The molecule has 0 radical (unpaired) electrons. The van der Waals surface area contributed by atoms with Crippen LogP contribution in [-0.2, 0) is 9.53 Å². The number of amides is 1. The molecule has 3 rings (SSSR count). The van der Waals surface area contributed by atoms with Gasteiger partial charge in [-0.05, 0) is 62.4 Å². The van der Waals surface area contributed by atoms with E-state index < -0.39 is 0 Å². The first-order chi connectivity index (χ1) is 12.9. The smallest absolute Gasteiger partial charge is 0.264 e. The van der Waals surface area contributed by atoms with Gasteiger partial charge in [0.1, 0.15) is 11.6 Å². The van der Waals surface area contributed by atoms with Crippen LogP contribution in [0.1, 0.15) is 51.2 Å². The Hall–Kier alpha value is -2.32. The van der Waals surface area contributed by atoms with Gasteiger partial charge in [0.25, 0.3) is 5.91 Å². The van der Waals surface area contributed by atoms with Crippen molar-refractivity contribution in [3.05, 3.63) is 34.9 Å². The maximum absolute atomic E-state index is 12.6. The number of anilines is 1. The highest BCUT2D eigenvalue weighted by atomic mass is 16.5. The highest BCUT2D eigenvalue weighted by Crippen LogP contribution is 2.43.